The minimum atomic E-state index is -1.54. The Morgan fingerprint density at radius 1 is 1.29 bits per heavy atom. The molecule has 4 N–H and O–H groups in total. The highest BCUT2D eigenvalue weighted by Crippen LogP contribution is 2.04. The van der Waals surface area contributed by atoms with Crippen LogP contribution in [0.2, 0.25) is 0 Å². The van der Waals surface area contributed by atoms with Crippen molar-refractivity contribution >= 4 is 17.8 Å². The molecule has 0 aliphatic rings. The Hall–Kier alpha value is -2.41. The average molecular weight is 294 g/mol. The van der Waals surface area contributed by atoms with E-state index in [-0.39, 0.29) is 13.0 Å². The fraction of sp³-hybridized carbons (Fsp3) is 0.357. The largest absolute Gasteiger partial charge is 0.480 e. The summed E-state index contributed by atoms with van der Waals surface area (Å²) < 4.78 is 4.61. The SMILES string of the molecule is CCOC(=O)C(N)C(=O)NC(Cc1ccccc1)C(=O)O. The first kappa shape index (κ1) is 16.6. The Labute approximate surface area is 122 Å². The van der Waals surface area contributed by atoms with Crippen molar-refractivity contribution in [3.8, 4) is 0 Å². The first-order valence-corrected chi connectivity index (χ1v) is 6.45. The normalized spacial score (nSPS) is 13.0. The molecule has 7 nitrogen and oxygen atoms in total. The molecule has 1 rings (SSSR count). The molecular formula is C14H18N2O5. The maximum atomic E-state index is 11.8. The lowest BCUT2D eigenvalue weighted by atomic mass is 10.1. The number of benzene rings is 1. The minimum Gasteiger partial charge on any atom is -0.480 e. The second kappa shape index (κ2) is 8.01. The van der Waals surface area contributed by atoms with Crippen molar-refractivity contribution in [2.24, 2.45) is 5.73 Å². The molecule has 0 radical (unpaired) electrons. The van der Waals surface area contributed by atoms with Crippen molar-refractivity contribution < 1.29 is 24.2 Å². The molecule has 1 aromatic rings. The van der Waals surface area contributed by atoms with E-state index in [2.05, 4.69) is 10.1 Å². The summed E-state index contributed by atoms with van der Waals surface area (Å²) in [5, 5.41) is 11.4. The van der Waals surface area contributed by atoms with Crippen molar-refractivity contribution in [3.05, 3.63) is 35.9 Å². The standard InChI is InChI=1S/C14H18N2O5/c1-2-21-14(20)11(15)12(17)16-10(13(18)19)8-9-6-4-3-5-7-9/h3-7,10-11H,2,8,15H2,1H3,(H,16,17)(H,18,19). The third-order valence-corrected chi connectivity index (χ3v) is 2.72. The number of aliphatic carboxylic acids is 1. The second-order valence-electron chi connectivity index (χ2n) is 4.32. The molecule has 0 aliphatic carbocycles. The Kier molecular flexibility index (Phi) is 6.35. The van der Waals surface area contributed by atoms with Crippen LogP contribution in [0.15, 0.2) is 30.3 Å². The van der Waals surface area contributed by atoms with Gasteiger partial charge in [0.1, 0.15) is 6.04 Å². The van der Waals surface area contributed by atoms with Gasteiger partial charge < -0.3 is 20.9 Å². The van der Waals surface area contributed by atoms with Gasteiger partial charge in [-0.05, 0) is 12.5 Å². The lowest BCUT2D eigenvalue weighted by Crippen LogP contribution is -2.52. The van der Waals surface area contributed by atoms with Gasteiger partial charge >= 0.3 is 11.9 Å². The van der Waals surface area contributed by atoms with Gasteiger partial charge in [-0.1, -0.05) is 30.3 Å². The second-order valence-corrected chi connectivity index (χ2v) is 4.32. The highest BCUT2D eigenvalue weighted by Gasteiger charge is 2.28. The van der Waals surface area contributed by atoms with E-state index in [1.54, 1.807) is 37.3 Å². The quantitative estimate of drug-likeness (QED) is 0.469. The molecule has 0 aliphatic heterocycles. The van der Waals surface area contributed by atoms with Gasteiger partial charge in [0.15, 0.2) is 6.04 Å². The number of amides is 1. The number of hydrogen-bond acceptors (Lipinski definition) is 5. The summed E-state index contributed by atoms with van der Waals surface area (Å²) in [7, 11) is 0. The molecule has 1 amide bonds. The molecule has 21 heavy (non-hydrogen) atoms. The van der Waals surface area contributed by atoms with Crippen LogP contribution in [0.3, 0.4) is 0 Å². The van der Waals surface area contributed by atoms with Crippen molar-refractivity contribution in [2.45, 2.75) is 25.4 Å². The van der Waals surface area contributed by atoms with Crippen LogP contribution in [0, 0.1) is 0 Å². The van der Waals surface area contributed by atoms with Crippen molar-refractivity contribution in [1.29, 1.82) is 0 Å². The summed E-state index contributed by atoms with van der Waals surface area (Å²) in [5.74, 6) is -2.97. The number of nitrogens with two attached hydrogens (primary N) is 1. The number of ether oxygens (including phenoxy) is 1. The number of carboxylic acids is 1. The average Bonchev–Trinajstić information content (AvgIpc) is 2.46. The van der Waals surface area contributed by atoms with Crippen LogP contribution in [0.4, 0.5) is 0 Å². The van der Waals surface area contributed by atoms with E-state index >= 15 is 0 Å². The van der Waals surface area contributed by atoms with Gasteiger partial charge in [0, 0.05) is 6.42 Å². The third kappa shape index (κ3) is 5.23. The van der Waals surface area contributed by atoms with E-state index in [9.17, 15) is 14.4 Å². The van der Waals surface area contributed by atoms with Gasteiger partial charge in [-0.25, -0.2) is 9.59 Å². The van der Waals surface area contributed by atoms with Gasteiger partial charge in [-0.3, -0.25) is 4.79 Å². The molecule has 0 saturated heterocycles. The molecule has 114 valence electrons. The molecule has 0 spiro atoms. The highest BCUT2D eigenvalue weighted by molar-refractivity contribution is 6.02. The zero-order chi connectivity index (χ0) is 15.8. The van der Waals surface area contributed by atoms with E-state index in [4.69, 9.17) is 10.8 Å². The van der Waals surface area contributed by atoms with E-state index in [1.165, 1.54) is 0 Å². The van der Waals surface area contributed by atoms with Crippen molar-refractivity contribution in [1.82, 2.24) is 5.32 Å². The molecule has 0 fully saturated rings. The molecule has 1 aromatic carbocycles. The van der Waals surface area contributed by atoms with Crippen molar-refractivity contribution in [2.75, 3.05) is 6.61 Å². The molecule has 0 bridgehead atoms. The summed E-state index contributed by atoms with van der Waals surface area (Å²) in [6, 6.07) is 6.11. The number of rotatable bonds is 7. The smallest absolute Gasteiger partial charge is 0.332 e. The summed E-state index contributed by atoms with van der Waals surface area (Å²) in [6.07, 6.45) is 0.0947. The van der Waals surface area contributed by atoms with Crippen LogP contribution in [-0.2, 0) is 25.5 Å². The van der Waals surface area contributed by atoms with E-state index in [1.807, 2.05) is 0 Å². The topological polar surface area (TPSA) is 119 Å². The first-order chi connectivity index (χ1) is 9.95. The molecule has 0 aromatic heterocycles. The predicted octanol–water partition coefficient (Wildman–Crippen LogP) is -0.311. The Bertz CT molecular complexity index is 503. The molecule has 0 heterocycles. The predicted molar refractivity (Wildman–Crippen MR) is 74.3 cm³/mol. The lowest BCUT2D eigenvalue weighted by Gasteiger charge is -2.17. The van der Waals surface area contributed by atoms with Gasteiger partial charge in [0.25, 0.3) is 0 Å². The summed E-state index contributed by atoms with van der Waals surface area (Å²) in [6.45, 7) is 1.67. The van der Waals surface area contributed by atoms with E-state index in [0.717, 1.165) is 5.56 Å². The Balaban J connectivity index is 2.68. The zero-order valence-corrected chi connectivity index (χ0v) is 11.6. The summed E-state index contributed by atoms with van der Waals surface area (Å²) in [4.78, 5) is 34.3. The third-order valence-electron chi connectivity index (χ3n) is 2.72. The van der Waals surface area contributed by atoms with E-state index in [0.29, 0.717) is 0 Å². The number of carboxylic acid groups (broad SMARTS) is 1. The number of carbonyl (C=O) groups is 3. The fourth-order valence-corrected chi connectivity index (χ4v) is 1.65. The fourth-order valence-electron chi connectivity index (χ4n) is 1.65. The van der Waals surface area contributed by atoms with Crippen LogP contribution in [-0.4, -0.2) is 41.6 Å². The van der Waals surface area contributed by atoms with Gasteiger partial charge in [0.05, 0.1) is 6.61 Å². The number of nitrogens with one attached hydrogen (secondary N) is 1. The highest BCUT2D eigenvalue weighted by atomic mass is 16.5. The summed E-state index contributed by atoms with van der Waals surface area (Å²) >= 11 is 0. The van der Waals surface area contributed by atoms with Crippen LogP contribution < -0.4 is 11.1 Å². The maximum Gasteiger partial charge on any atom is 0.332 e. The molecular weight excluding hydrogens is 276 g/mol. The Morgan fingerprint density at radius 2 is 1.90 bits per heavy atom. The first-order valence-electron chi connectivity index (χ1n) is 6.45. The summed E-state index contributed by atoms with van der Waals surface area (Å²) in [5.41, 5.74) is 6.15. The van der Waals surface area contributed by atoms with Crippen molar-refractivity contribution in [3.63, 3.8) is 0 Å². The monoisotopic (exact) mass is 294 g/mol. The van der Waals surface area contributed by atoms with Crippen LogP contribution >= 0.6 is 0 Å². The lowest BCUT2D eigenvalue weighted by molar-refractivity contribution is -0.150. The van der Waals surface area contributed by atoms with Gasteiger partial charge in [-0.2, -0.15) is 0 Å². The number of carbonyl (C=O) groups excluding carboxylic acids is 2. The van der Waals surface area contributed by atoms with Crippen LogP contribution in [0.1, 0.15) is 12.5 Å². The minimum absolute atomic E-state index is 0.0895. The maximum absolute atomic E-state index is 11.8. The van der Waals surface area contributed by atoms with E-state index < -0.39 is 29.9 Å². The van der Waals surface area contributed by atoms with Gasteiger partial charge in [-0.15, -0.1) is 0 Å². The molecule has 2 unspecified atom stereocenters. The van der Waals surface area contributed by atoms with Crippen LogP contribution in [0.5, 0.6) is 0 Å². The zero-order valence-electron chi connectivity index (χ0n) is 11.6. The molecule has 7 heteroatoms. The number of hydrogen-bond donors (Lipinski definition) is 3. The molecule has 0 saturated carbocycles. The number of esters is 1. The van der Waals surface area contributed by atoms with Gasteiger partial charge in [0.2, 0.25) is 5.91 Å². The molecule has 2 atom stereocenters. The Morgan fingerprint density at radius 3 is 2.43 bits per heavy atom. The van der Waals surface area contributed by atoms with Crippen LogP contribution in [0.25, 0.3) is 0 Å².